The van der Waals surface area contributed by atoms with Crippen molar-refractivity contribution < 1.29 is 13.9 Å². The van der Waals surface area contributed by atoms with Gasteiger partial charge in [0.05, 0.1) is 18.7 Å². The summed E-state index contributed by atoms with van der Waals surface area (Å²) in [5.41, 5.74) is 9.20. The largest absolute Gasteiger partial charge is 0.451 e. The Labute approximate surface area is 160 Å². The molecule has 0 atom stereocenters. The molecule has 5 rings (SSSR count). The lowest BCUT2D eigenvalue weighted by Crippen LogP contribution is -2.40. The normalized spacial score (nSPS) is 14.6. The van der Waals surface area contributed by atoms with Gasteiger partial charge >= 0.3 is 0 Å². The van der Waals surface area contributed by atoms with E-state index in [4.69, 9.17) is 14.9 Å². The molecule has 0 bridgehead atoms. The molecular formula is C21H18N4O3. The summed E-state index contributed by atoms with van der Waals surface area (Å²) in [5.74, 6) is 0.524. The van der Waals surface area contributed by atoms with Crippen LogP contribution in [0.2, 0.25) is 0 Å². The average molecular weight is 374 g/mol. The van der Waals surface area contributed by atoms with Crippen molar-refractivity contribution in [1.82, 2.24) is 14.9 Å². The number of hydrogen-bond donors (Lipinski definition) is 1. The first-order valence-electron chi connectivity index (χ1n) is 9.11. The molecule has 28 heavy (non-hydrogen) atoms. The number of hydrogen-bond acceptors (Lipinski definition) is 6. The van der Waals surface area contributed by atoms with Crippen LogP contribution in [0, 0.1) is 0 Å². The fraction of sp³-hybridized carbons (Fsp3) is 0.190. The molecule has 3 heterocycles. The van der Waals surface area contributed by atoms with Crippen LogP contribution in [-0.4, -0.2) is 47.1 Å². The molecule has 4 aromatic rings. The number of nitrogens with two attached hydrogens (primary N) is 1. The molecule has 0 unspecified atom stereocenters. The smallest absolute Gasteiger partial charge is 0.289 e. The summed E-state index contributed by atoms with van der Waals surface area (Å²) in [5, 5.41) is 1.81. The SMILES string of the molecule is Nc1ncc2cc(-c3ccc4oc(C(=O)N5CCOCC5)cc4c3)ccc2n1. The van der Waals surface area contributed by atoms with Crippen LogP contribution in [0.5, 0.6) is 0 Å². The minimum Gasteiger partial charge on any atom is -0.451 e. The van der Waals surface area contributed by atoms with Gasteiger partial charge in [0.2, 0.25) is 5.95 Å². The predicted molar refractivity (Wildman–Crippen MR) is 106 cm³/mol. The van der Waals surface area contributed by atoms with Gasteiger partial charge in [0.15, 0.2) is 5.76 Å². The Hall–Kier alpha value is -3.45. The molecule has 1 aliphatic rings. The van der Waals surface area contributed by atoms with Gasteiger partial charge < -0.3 is 19.8 Å². The van der Waals surface area contributed by atoms with Crippen molar-refractivity contribution in [1.29, 1.82) is 0 Å². The highest BCUT2D eigenvalue weighted by atomic mass is 16.5. The van der Waals surface area contributed by atoms with Gasteiger partial charge in [0, 0.05) is 30.1 Å². The summed E-state index contributed by atoms with van der Waals surface area (Å²) in [7, 11) is 0. The highest BCUT2D eigenvalue weighted by Gasteiger charge is 2.22. The standard InChI is InChI=1S/C21H18N4O3/c22-21-23-12-16-10-13(1-3-17(16)24-21)14-2-4-18-15(9-14)11-19(28-18)20(26)25-5-7-27-8-6-25/h1-4,9-12H,5-8H2,(H2,22,23,24). The minimum absolute atomic E-state index is 0.0958. The number of amides is 1. The highest BCUT2D eigenvalue weighted by molar-refractivity contribution is 5.97. The summed E-state index contributed by atoms with van der Waals surface area (Å²) in [4.78, 5) is 22.7. The van der Waals surface area contributed by atoms with E-state index in [0.29, 0.717) is 37.6 Å². The molecule has 1 amide bonds. The van der Waals surface area contributed by atoms with Gasteiger partial charge in [-0.25, -0.2) is 9.97 Å². The fourth-order valence-electron chi connectivity index (χ4n) is 3.48. The van der Waals surface area contributed by atoms with E-state index in [1.54, 1.807) is 11.1 Å². The van der Waals surface area contributed by atoms with Gasteiger partial charge in [0.1, 0.15) is 5.58 Å². The molecule has 0 radical (unpaired) electrons. The number of fused-ring (bicyclic) bond motifs is 2. The third-order valence-corrected chi connectivity index (χ3v) is 4.96. The second kappa shape index (κ2) is 6.61. The van der Waals surface area contributed by atoms with Gasteiger partial charge in [-0.2, -0.15) is 0 Å². The number of morpholine rings is 1. The van der Waals surface area contributed by atoms with Gasteiger partial charge in [-0.3, -0.25) is 4.79 Å². The molecule has 2 aromatic carbocycles. The van der Waals surface area contributed by atoms with Crippen LogP contribution >= 0.6 is 0 Å². The van der Waals surface area contributed by atoms with Crippen molar-refractivity contribution in [2.24, 2.45) is 0 Å². The Morgan fingerprint density at radius 2 is 1.75 bits per heavy atom. The maximum Gasteiger partial charge on any atom is 0.289 e. The summed E-state index contributed by atoms with van der Waals surface area (Å²) >= 11 is 0. The molecule has 7 nitrogen and oxygen atoms in total. The third kappa shape index (κ3) is 2.95. The van der Waals surface area contributed by atoms with Crippen molar-refractivity contribution in [3.8, 4) is 11.1 Å². The Kier molecular flexibility index (Phi) is 3.95. The quantitative estimate of drug-likeness (QED) is 0.579. The first kappa shape index (κ1) is 16.7. The highest BCUT2D eigenvalue weighted by Crippen LogP contribution is 2.29. The topological polar surface area (TPSA) is 94.5 Å². The van der Waals surface area contributed by atoms with Crippen LogP contribution in [-0.2, 0) is 4.74 Å². The van der Waals surface area contributed by atoms with E-state index in [9.17, 15) is 4.79 Å². The Balaban J connectivity index is 1.49. The number of ether oxygens (including phenoxy) is 1. The maximum atomic E-state index is 12.7. The summed E-state index contributed by atoms with van der Waals surface area (Å²) in [6.45, 7) is 2.30. The third-order valence-electron chi connectivity index (χ3n) is 4.96. The lowest BCUT2D eigenvalue weighted by Gasteiger charge is -2.25. The molecule has 0 aliphatic carbocycles. The molecule has 2 N–H and O–H groups in total. The van der Waals surface area contributed by atoms with Crippen molar-refractivity contribution in [3.05, 3.63) is 54.4 Å². The predicted octanol–water partition coefficient (Wildman–Crippen LogP) is 3.10. The van der Waals surface area contributed by atoms with Crippen LogP contribution in [0.25, 0.3) is 33.0 Å². The zero-order chi connectivity index (χ0) is 19.1. The van der Waals surface area contributed by atoms with E-state index in [0.717, 1.165) is 27.4 Å². The summed E-state index contributed by atoms with van der Waals surface area (Å²) < 4.78 is 11.1. The molecule has 1 aliphatic heterocycles. The first-order chi connectivity index (χ1) is 13.7. The fourth-order valence-corrected chi connectivity index (χ4v) is 3.48. The molecule has 1 saturated heterocycles. The van der Waals surface area contributed by atoms with Crippen LogP contribution in [0.15, 0.2) is 53.1 Å². The number of nitrogens with zero attached hydrogens (tertiary/aromatic N) is 3. The van der Waals surface area contributed by atoms with Gasteiger partial charge in [-0.05, 0) is 41.5 Å². The average Bonchev–Trinajstić information content (AvgIpc) is 3.17. The number of furan rings is 1. The molecular weight excluding hydrogens is 356 g/mol. The summed E-state index contributed by atoms with van der Waals surface area (Å²) in [6, 6.07) is 13.6. The van der Waals surface area contributed by atoms with E-state index in [2.05, 4.69) is 9.97 Å². The van der Waals surface area contributed by atoms with Gasteiger partial charge in [0.25, 0.3) is 5.91 Å². The molecule has 2 aromatic heterocycles. The Bertz CT molecular complexity index is 1190. The van der Waals surface area contributed by atoms with E-state index in [1.807, 2.05) is 42.5 Å². The molecule has 0 saturated carbocycles. The van der Waals surface area contributed by atoms with Crippen LogP contribution < -0.4 is 5.73 Å². The Morgan fingerprint density at radius 1 is 1.00 bits per heavy atom. The number of benzene rings is 2. The molecule has 7 heteroatoms. The van der Waals surface area contributed by atoms with Gasteiger partial charge in [-0.1, -0.05) is 12.1 Å². The number of carbonyl (C=O) groups excluding carboxylic acids is 1. The lowest BCUT2D eigenvalue weighted by molar-refractivity contribution is 0.0284. The van der Waals surface area contributed by atoms with E-state index in [-0.39, 0.29) is 11.9 Å². The van der Waals surface area contributed by atoms with Crippen molar-refractivity contribution in [2.75, 3.05) is 32.0 Å². The number of carbonyl (C=O) groups is 1. The molecule has 1 fully saturated rings. The maximum absolute atomic E-state index is 12.7. The monoisotopic (exact) mass is 374 g/mol. The number of aromatic nitrogens is 2. The minimum atomic E-state index is -0.0958. The van der Waals surface area contributed by atoms with Crippen LogP contribution in [0.3, 0.4) is 0 Å². The summed E-state index contributed by atoms with van der Waals surface area (Å²) in [6.07, 6.45) is 1.72. The van der Waals surface area contributed by atoms with E-state index < -0.39 is 0 Å². The van der Waals surface area contributed by atoms with Crippen LogP contribution in [0.4, 0.5) is 5.95 Å². The van der Waals surface area contributed by atoms with Crippen molar-refractivity contribution in [2.45, 2.75) is 0 Å². The zero-order valence-electron chi connectivity index (χ0n) is 15.1. The second-order valence-electron chi connectivity index (χ2n) is 6.77. The second-order valence-corrected chi connectivity index (χ2v) is 6.77. The number of rotatable bonds is 2. The Morgan fingerprint density at radius 3 is 2.57 bits per heavy atom. The number of nitrogen functional groups attached to an aromatic ring is 1. The van der Waals surface area contributed by atoms with Crippen molar-refractivity contribution in [3.63, 3.8) is 0 Å². The first-order valence-corrected chi connectivity index (χ1v) is 9.11. The van der Waals surface area contributed by atoms with Gasteiger partial charge in [-0.15, -0.1) is 0 Å². The van der Waals surface area contributed by atoms with Crippen LogP contribution in [0.1, 0.15) is 10.6 Å². The molecule has 0 spiro atoms. The zero-order valence-corrected chi connectivity index (χ0v) is 15.1. The van der Waals surface area contributed by atoms with Crippen molar-refractivity contribution >= 4 is 33.7 Å². The van der Waals surface area contributed by atoms with E-state index >= 15 is 0 Å². The molecule has 140 valence electrons. The lowest BCUT2D eigenvalue weighted by atomic mass is 10.0. The van der Waals surface area contributed by atoms with E-state index in [1.165, 1.54) is 0 Å². The number of anilines is 1.